The summed E-state index contributed by atoms with van der Waals surface area (Å²) in [5, 5.41) is 8.94. The SMILES string of the molecule is CN1C(C(=O)C2=CCC(c3cccc(C(F)(F)F)c3)C=C2)=CCC1CC(=O)O. The number of Topliss-reactive ketones (excluding diaryl/α,β-unsaturated/α-hetero) is 1. The average Bonchev–Trinajstić information content (AvgIpc) is 3.00. The van der Waals surface area contributed by atoms with E-state index in [0.717, 1.165) is 12.1 Å². The van der Waals surface area contributed by atoms with Gasteiger partial charge in [-0.1, -0.05) is 42.5 Å². The van der Waals surface area contributed by atoms with E-state index >= 15 is 0 Å². The van der Waals surface area contributed by atoms with Gasteiger partial charge < -0.3 is 10.0 Å². The second-order valence-electron chi connectivity index (χ2n) is 7.00. The number of carboxylic acids is 1. The number of rotatable bonds is 5. The van der Waals surface area contributed by atoms with Gasteiger partial charge in [0.05, 0.1) is 17.7 Å². The van der Waals surface area contributed by atoms with Crippen LogP contribution in [0.3, 0.4) is 0 Å². The fourth-order valence-electron chi connectivity index (χ4n) is 3.55. The summed E-state index contributed by atoms with van der Waals surface area (Å²) < 4.78 is 38.7. The predicted molar refractivity (Wildman–Crippen MR) is 97.5 cm³/mol. The maximum atomic E-state index is 12.9. The van der Waals surface area contributed by atoms with Crippen molar-refractivity contribution in [2.75, 3.05) is 7.05 Å². The van der Waals surface area contributed by atoms with Gasteiger partial charge in [0, 0.05) is 24.6 Å². The second-order valence-corrected chi connectivity index (χ2v) is 7.00. The van der Waals surface area contributed by atoms with Crippen LogP contribution in [0.15, 0.2) is 59.8 Å². The number of halogens is 3. The van der Waals surface area contributed by atoms with E-state index in [0.29, 0.717) is 29.7 Å². The molecule has 0 fully saturated rings. The number of carbonyl (C=O) groups is 2. The summed E-state index contributed by atoms with van der Waals surface area (Å²) in [5.74, 6) is -1.34. The molecule has 0 saturated carbocycles. The Balaban J connectivity index is 1.69. The molecular weight excluding hydrogens is 371 g/mol. The fraction of sp³-hybridized carbons (Fsp3) is 0.333. The van der Waals surface area contributed by atoms with Crippen molar-refractivity contribution in [3.8, 4) is 0 Å². The molecule has 1 aliphatic heterocycles. The van der Waals surface area contributed by atoms with E-state index < -0.39 is 17.7 Å². The van der Waals surface area contributed by atoms with Crippen molar-refractivity contribution in [3.05, 3.63) is 71.0 Å². The first-order valence-corrected chi connectivity index (χ1v) is 8.92. The highest BCUT2D eigenvalue weighted by Gasteiger charge is 2.32. The third-order valence-corrected chi connectivity index (χ3v) is 5.16. The summed E-state index contributed by atoms with van der Waals surface area (Å²) in [7, 11) is 1.70. The molecule has 1 heterocycles. The van der Waals surface area contributed by atoms with Crippen LogP contribution in [-0.2, 0) is 15.8 Å². The molecule has 2 atom stereocenters. The largest absolute Gasteiger partial charge is 0.481 e. The topological polar surface area (TPSA) is 57.6 Å². The lowest BCUT2D eigenvalue weighted by atomic mass is 9.88. The van der Waals surface area contributed by atoms with Gasteiger partial charge in [0.1, 0.15) is 0 Å². The summed E-state index contributed by atoms with van der Waals surface area (Å²) in [5.41, 5.74) is 0.788. The van der Waals surface area contributed by atoms with Crippen LogP contribution in [-0.4, -0.2) is 34.8 Å². The van der Waals surface area contributed by atoms with E-state index in [4.69, 9.17) is 5.11 Å². The van der Waals surface area contributed by atoms with Crippen molar-refractivity contribution >= 4 is 11.8 Å². The maximum absolute atomic E-state index is 12.9. The third kappa shape index (κ3) is 4.18. The molecule has 0 saturated heterocycles. The molecular formula is C21H20F3NO3. The Kier molecular flexibility index (Phi) is 5.45. The molecule has 4 nitrogen and oxygen atoms in total. The predicted octanol–water partition coefficient (Wildman–Crippen LogP) is 4.31. The summed E-state index contributed by atoms with van der Waals surface area (Å²) in [6.07, 6.45) is 3.33. The van der Waals surface area contributed by atoms with Crippen LogP contribution in [0.1, 0.15) is 36.3 Å². The van der Waals surface area contributed by atoms with Gasteiger partial charge in [-0.15, -0.1) is 0 Å². The van der Waals surface area contributed by atoms with Gasteiger partial charge in [0.2, 0.25) is 5.78 Å². The van der Waals surface area contributed by atoms with E-state index in [1.165, 1.54) is 6.07 Å². The quantitative estimate of drug-likeness (QED) is 0.813. The van der Waals surface area contributed by atoms with Crippen LogP contribution in [0.4, 0.5) is 13.2 Å². The molecule has 0 bridgehead atoms. The van der Waals surface area contributed by atoms with Crippen LogP contribution < -0.4 is 0 Å². The lowest BCUT2D eigenvalue weighted by molar-refractivity contribution is -0.138. The van der Waals surface area contributed by atoms with Crippen LogP contribution in [0.2, 0.25) is 0 Å². The number of aliphatic carboxylic acids is 1. The van der Waals surface area contributed by atoms with E-state index in [1.54, 1.807) is 42.3 Å². The van der Waals surface area contributed by atoms with Gasteiger partial charge in [-0.3, -0.25) is 9.59 Å². The van der Waals surface area contributed by atoms with E-state index in [-0.39, 0.29) is 24.2 Å². The number of carbonyl (C=O) groups excluding carboxylic acids is 1. The minimum absolute atomic E-state index is 0.0454. The number of allylic oxidation sites excluding steroid dienone is 4. The fourth-order valence-corrected chi connectivity index (χ4v) is 3.55. The molecule has 0 spiro atoms. The maximum Gasteiger partial charge on any atom is 0.416 e. The Morgan fingerprint density at radius 3 is 2.57 bits per heavy atom. The molecule has 1 aromatic rings. The number of likely N-dealkylation sites (N-methyl/N-ethyl adjacent to an activating group) is 1. The Bertz CT molecular complexity index is 883. The first-order valence-electron chi connectivity index (χ1n) is 8.92. The van der Waals surface area contributed by atoms with E-state index in [9.17, 15) is 22.8 Å². The standard InChI is InChI=1S/C21H20F3NO3/c1-25-17(12-19(26)27)9-10-18(25)20(28)14-7-5-13(6-8-14)15-3-2-4-16(11-15)21(22,23)24/h2-5,7-8,10-11,13,17H,6,9,12H2,1H3,(H,26,27). The highest BCUT2D eigenvalue weighted by atomic mass is 19.4. The first kappa shape index (κ1) is 19.9. The second kappa shape index (κ2) is 7.66. The highest BCUT2D eigenvalue weighted by molar-refractivity contribution is 6.10. The summed E-state index contributed by atoms with van der Waals surface area (Å²) >= 11 is 0. The molecule has 28 heavy (non-hydrogen) atoms. The van der Waals surface area contributed by atoms with Crippen molar-refractivity contribution in [3.63, 3.8) is 0 Å². The number of ketones is 1. The molecule has 1 N–H and O–H groups in total. The van der Waals surface area contributed by atoms with Crippen molar-refractivity contribution in [2.45, 2.75) is 37.4 Å². The molecule has 2 aliphatic rings. The monoisotopic (exact) mass is 391 g/mol. The Labute approximate surface area is 160 Å². The molecule has 148 valence electrons. The Hall–Kier alpha value is -2.83. The Morgan fingerprint density at radius 1 is 1.21 bits per heavy atom. The van der Waals surface area contributed by atoms with Crippen LogP contribution in [0, 0.1) is 0 Å². The summed E-state index contributed by atoms with van der Waals surface area (Å²) in [4.78, 5) is 25.3. The highest BCUT2D eigenvalue weighted by Crippen LogP contribution is 2.34. The minimum Gasteiger partial charge on any atom is -0.481 e. The number of hydrogen-bond acceptors (Lipinski definition) is 3. The first-order chi connectivity index (χ1) is 13.2. The molecule has 0 radical (unpaired) electrons. The van der Waals surface area contributed by atoms with Crippen molar-refractivity contribution < 1.29 is 27.9 Å². The van der Waals surface area contributed by atoms with Gasteiger partial charge in [0.15, 0.2) is 0 Å². The average molecular weight is 391 g/mol. The molecule has 0 aromatic heterocycles. The van der Waals surface area contributed by atoms with Crippen LogP contribution in [0.25, 0.3) is 0 Å². The van der Waals surface area contributed by atoms with Gasteiger partial charge >= 0.3 is 12.1 Å². The lowest BCUT2D eigenvalue weighted by Gasteiger charge is -2.24. The summed E-state index contributed by atoms with van der Waals surface area (Å²) in [6, 6.07) is 4.96. The number of alkyl halides is 3. The number of benzene rings is 1. The van der Waals surface area contributed by atoms with E-state index in [2.05, 4.69) is 0 Å². The van der Waals surface area contributed by atoms with Crippen molar-refractivity contribution in [1.82, 2.24) is 4.90 Å². The smallest absolute Gasteiger partial charge is 0.416 e. The zero-order valence-corrected chi connectivity index (χ0v) is 15.2. The van der Waals surface area contributed by atoms with Crippen LogP contribution >= 0.6 is 0 Å². The molecule has 2 unspecified atom stereocenters. The molecule has 0 amide bonds. The normalized spacial score (nSPS) is 22.1. The zero-order valence-electron chi connectivity index (χ0n) is 15.2. The molecule has 1 aliphatic carbocycles. The van der Waals surface area contributed by atoms with Gasteiger partial charge in [0.25, 0.3) is 0 Å². The van der Waals surface area contributed by atoms with Crippen molar-refractivity contribution in [1.29, 1.82) is 0 Å². The molecule has 3 rings (SSSR count). The van der Waals surface area contributed by atoms with Gasteiger partial charge in [-0.2, -0.15) is 13.2 Å². The third-order valence-electron chi connectivity index (χ3n) is 5.16. The van der Waals surface area contributed by atoms with Gasteiger partial charge in [-0.05, 0) is 24.5 Å². The molecule has 7 heteroatoms. The number of nitrogens with zero attached hydrogens (tertiary/aromatic N) is 1. The molecule has 1 aromatic carbocycles. The zero-order chi connectivity index (χ0) is 20.5. The minimum atomic E-state index is -4.39. The van der Waals surface area contributed by atoms with E-state index in [1.807, 2.05) is 0 Å². The lowest BCUT2D eigenvalue weighted by Crippen LogP contribution is -2.31. The van der Waals surface area contributed by atoms with Gasteiger partial charge in [-0.25, -0.2) is 0 Å². The number of carboxylic acid groups (broad SMARTS) is 1. The summed E-state index contributed by atoms with van der Waals surface area (Å²) in [6.45, 7) is 0. The van der Waals surface area contributed by atoms with Crippen molar-refractivity contribution in [2.24, 2.45) is 0 Å². The number of hydrogen-bond donors (Lipinski definition) is 1. The van der Waals surface area contributed by atoms with Crippen LogP contribution in [0.5, 0.6) is 0 Å². The Morgan fingerprint density at radius 2 is 1.96 bits per heavy atom.